The molecule has 0 saturated carbocycles. The van der Waals surface area contributed by atoms with Crippen LogP contribution in [0, 0.1) is 0 Å². The molecule has 30 heavy (non-hydrogen) atoms. The van der Waals surface area contributed by atoms with E-state index in [1.165, 1.54) is 4.57 Å². The summed E-state index contributed by atoms with van der Waals surface area (Å²) in [5, 5.41) is 3.19. The summed E-state index contributed by atoms with van der Waals surface area (Å²) >= 11 is 0. The molecule has 0 bridgehead atoms. The number of aryl methyl sites for hydroxylation is 2. The van der Waals surface area contributed by atoms with Gasteiger partial charge in [0, 0.05) is 19.6 Å². The molecule has 0 fully saturated rings. The first kappa shape index (κ1) is 19.7. The van der Waals surface area contributed by atoms with Crippen molar-refractivity contribution in [3.63, 3.8) is 0 Å². The second kappa shape index (κ2) is 8.79. The van der Waals surface area contributed by atoms with Crippen molar-refractivity contribution in [2.75, 3.05) is 18.4 Å². The molecule has 0 aliphatic rings. The Kier molecular flexibility index (Phi) is 5.76. The Morgan fingerprint density at radius 3 is 2.27 bits per heavy atom. The number of aromatic amines is 1. The molecular formula is C22H24N6O2. The van der Waals surface area contributed by atoms with Crippen molar-refractivity contribution in [3.8, 4) is 0 Å². The largest absolute Gasteiger partial charge is 0.354 e. The zero-order valence-electron chi connectivity index (χ0n) is 16.5. The highest BCUT2D eigenvalue weighted by atomic mass is 16.2. The topological polar surface area (TPSA) is 111 Å². The molecule has 4 N–H and O–H groups in total. The summed E-state index contributed by atoms with van der Waals surface area (Å²) in [7, 11) is 0. The number of nitrogens with two attached hydrogens (primary N) is 1. The van der Waals surface area contributed by atoms with Gasteiger partial charge in [0.15, 0.2) is 11.2 Å². The maximum absolute atomic E-state index is 12.7. The Labute approximate surface area is 173 Å². The van der Waals surface area contributed by atoms with Crippen LogP contribution in [0.25, 0.3) is 11.2 Å². The van der Waals surface area contributed by atoms with Crippen molar-refractivity contribution in [2.45, 2.75) is 19.5 Å². The summed E-state index contributed by atoms with van der Waals surface area (Å²) in [5.74, 6) is 0.532. The van der Waals surface area contributed by atoms with Crippen LogP contribution in [0.4, 0.5) is 5.95 Å². The molecule has 2 aromatic heterocycles. The van der Waals surface area contributed by atoms with E-state index in [1.54, 1.807) is 0 Å². The highest BCUT2D eigenvalue weighted by Crippen LogP contribution is 2.17. The quantitative estimate of drug-likeness (QED) is 0.413. The van der Waals surface area contributed by atoms with Gasteiger partial charge in [-0.1, -0.05) is 60.7 Å². The first-order valence-corrected chi connectivity index (χ1v) is 9.92. The first-order valence-electron chi connectivity index (χ1n) is 9.92. The standard InChI is InChI=1S/C22H24N6O2/c23-12-13-24-21-25-19-18(27(21)14-11-16-7-3-1-4-8-16)20(29)26-22(30)28(19)15-17-9-5-2-6-10-17/h1-10H,11-15,23H2,(H,24,25)(H,26,29,30). The van der Waals surface area contributed by atoms with E-state index < -0.39 is 11.2 Å². The van der Waals surface area contributed by atoms with E-state index in [0.717, 1.165) is 17.5 Å². The van der Waals surface area contributed by atoms with E-state index in [9.17, 15) is 9.59 Å². The van der Waals surface area contributed by atoms with Crippen LogP contribution in [0.2, 0.25) is 0 Å². The van der Waals surface area contributed by atoms with Crippen LogP contribution in [0.1, 0.15) is 11.1 Å². The molecule has 0 atom stereocenters. The van der Waals surface area contributed by atoms with E-state index in [1.807, 2.05) is 65.2 Å². The van der Waals surface area contributed by atoms with Crippen LogP contribution >= 0.6 is 0 Å². The van der Waals surface area contributed by atoms with Crippen LogP contribution in [-0.2, 0) is 19.5 Å². The number of fused-ring (bicyclic) bond motifs is 1. The minimum absolute atomic E-state index is 0.318. The van der Waals surface area contributed by atoms with Gasteiger partial charge in [-0.05, 0) is 17.5 Å². The molecule has 154 valence electrons. The predicted molar refractivity (Wildman–Crippen MR) is 118 cm³/mol. The molecule has 4 rings (SSSR count). The lowest BCUT2D eigenvalue weighted by molar-refractivity contribution is 0.711. The van der Waals surface area contributed by atoms with Gasteiger partial charge in [0.2, 0.25) is 5.95 Å². The van der Waals surface area contributed by atoms with Gasteiger partial charge in [-0.15, -0.1) is 0 Å². The van der Waals surface area contributed by atoms with Crippen molar-refractivity contribution in [1.29, 1.82) is 0 Å². The lowest BCUT2D eigenvalue weighted by atomic mass is 10.1. The van der Waals surface area contributed by atoms with E-state index in [2.05, 4.69) is 15.3 Å². The molecule has 4 aromatic rings. The van der Waals surface area contributed by atoms with Gasteiger partial charge in [-0.2, -0.15) is 4.98 Å². The van der Waals surface area contributed by atoms with Crippen molar-refractivity contribution < 1.29 is 0 Å². The van der Waals surface area contributed by atoms with Gasteiger partial charge in [-0.25, -0.2) is 4.79 Å². The number of hydrogen-bond donors (Lipinski definition) is 3. The highest BCUT2D eigenvalue weighted by molar-refractivity contribution is 5.74. The fraction of sp³-hybridized carbons (Fsp3) is 0.227. The van der Waals surface area contributed by atoms with Gasteiger partial charge >= 0.3 is 5.69 Å². The summed E-state index contributed by atoms with van der Waals surface area (Å²) < 4.78 is 3.33. The van der Waals surface area contributed by atoms with E-state index in [0.29, 0.717) is 43.3 Å². The summed E-state index contributed by atoms with van der Waals surface area (Å²) in [6, 6.07) is 19.6. The maximum Gasteiger partial charge on any atom is 0.330 e. The average Bonchev–Trinajstić information content (AvgIpc) is 3.14. The summed E-state index contributed by atoms with van der Waals surface area (Å²) in [4.78, 5) is 32.4. The molecule has 0 aliphatic heterocycles. The summed E-state index contributed by atoms with van der Waals surface area (Å²) in [6.45, 7) is 1.80. The number of nitrogens with one attached hydrogen (secondary N) is 2. The zero-order valence-corrected chi connectivity index (χ0v) is 16.5. The third-order valence-corrected chi connectivity index (χ3v) is 4.96. The maximum atomic E-state index is 12.7. The van der Waals surface area contributed by atoms with Crippen LogP contribution in [0.3, 0.4) is 0 Å². The lowest BCUT2D eigenvalue weighted by Gasteiger charge is -2.10. The minimum Gasteiger partial charge on any atom is -0.354 e. The number of benzene rings is 2. The van der Waals surface area contributed by atoms with Crippen LogP contribution in [-0.4, -0.2) is 32.2 Å². The molecule has 0 unspecified atom stereocenters. The van der Waals surface area contributed by atoms with Crippen molar-refractivity contribution in [2.24, 2.45) is 5.73 Å². The third-order valence-electron chi connectivity index (χ3n) is 4.96. The van der Waals surface area contributed by atoms with Crippen LogP contribution < -0.4 is 22.3 Å². The van der Waals surface area contributed by atoms with Gasteiger partial charge in [-0.3, -0.25) is 14.3 Å². The predicted octanol–water partition coefficient (Wildman–Crippen LogP) is 1.55. The minimum atomic E-state index is -0.477. The van der Waals surface area contributed by atoms with Crippen LogP contribution in [0.5, 0.6) is 0 Å². The van der Waals surface area contributed by atoms with E-state index >= 15 is 0 Å². The number of hydrogen-bond acceptors (Lipinski definition) is 5. The Bertz CT molecular complexity index is 1240. The number of imidazole rings is 1. The molecule has 0 amide bonds. The summed E-state index contributed by atoms with van der Waals surface area (Å²) in [6.07, 6.45) is 0.723. The molecule has 0 radical (unpaired) electrons. The van der Waals surface area contributed by atoms with Crippen molar-refractivity contribution in [1.82, 2.24) is 19.1 Å². The molecule has 2 heterocycles. The normalized spacial score (nSPS) is 11.1. The van der Waals surface area contributed by atoms with Crippen molar-refractivity contribution >= 4 is 17.1 Å². The lowest BCUT2D eigenvalue weighted by Crippen LogP contribution is -2.31. The monoisotopic (exact) mass is 404 g/mol. The molecule has 2 aromatic carbocycles. The Hall–Kier alpha value is -3.65. The number of aromatic nitrogens is 4. The Morgan fingerprint density at radius 1 is 0.933 bits per heavy atom. The second-order valence-corrected chi connectivity index (χ2v) is 7.04. The van der Waals surface area contributed by atoms with Gasteiger partial charge in [0.25, 0.3) is 5.56 Å². The molecule has 0 aliphatic carbocycles. The van der Waals surface area contributed by atoms with Gasteiger partial charge in [0.1, 0.15) is 0 Å². The Morgan fingerprint density at radius 2 is 1.60 bits per heavy atom. The fourth-order valence-electron chi connectivity index (χ4n) is 3.51. The number of anilines is 1. The molecule has 0 saturated heterocycles. The van der Waals surface area contributed by atoms with E-state index in [4.69, 9.17) is 5.73 Å². The molecule has 8 heteroatoms. The fourth-order valence-corrected chi connectivity index (χ4v) is 3.51. The number of rotatable bonds is 8. The molecule has 8 nitrogen and oxygen atoms in total. The number of nitrogens with zero attached hydrogens (tertiary/aromatic N) is 3. The SMILES string of the molecule is NCCNc1nc2c(c(=O)[nH]c(=O)n2Cc2ccccc2)n1CCc1ccccc1. The van der Waals surface area contributed by atoms with E-state index in [-0.39, 0.29) is 0 Å². The second-order valence-electron chi connectivity index (χ2n) is 7.04. The number of H-pyrrole nitrogens is 1. The highest BCUT2D eigenvalue weighted by Gasteiger charge is 2.18. The van der Waals surface area contributed by atoms with Gasteiger partial charge in [0.05, 0.1) is 6.54 Å². The Balaban J connectivity index is 1.81. The van der Waals surface area contributed by atoms with Crippen LogP contribution in [0.15, 0.2) is 70.3 Å². The van der Waals surface area contributed by atoms with Gasteiger partial charge < -0.3 is 15.6 Å². The van der Waals surface area contributed by atoms with Crippen molar-refractivity contribution in [3.05, 3.63) is 92.6 Å². The smallest absolute Gasteiger partial charge is 0.330 e. The molecular weight excluding hydrogens is 380 g/mol. The average molecular weight is 404 g/mol. The summed E-state index contributed by atoms with van der Waals surface area (Å²) in [5.41, 5.74) is 7.56. The molecule has 0 spiro atoms. The zero-order chi connectivity index (χ0) is 20.9. The first-order chi connectivity index (χ1) is 14.7. The third kappa shape index (κ3) is 4.04.